The molecule has 0 heterocycles. The van der Waals surface area contributed by atoms with E-state index in [1.54, 1.807) is 18.0 Å². The summed E-state index contributed by atoms with van der Waals surface area (Å²) in [6, 6.07) is 6.19. The van der Waals surface area contributed by atoms with E-state index in [1.165, 1.54) is 12.1 Å². The molecule has 2 rings (SSSR count). The van der Waals surface area contributed by atoms with E-state index in [0.29, 0.717) is 13.0 Å². The number of urea groups is 1. The van der Waals surface area contributed by atoms with Gasteiger partial charge in [0, 0.05) is 25.6 Å². The lowest BCUT2D eigenvalue weighted by molar-refractivity contribution is 0.113. The van der Waals surface area contributed by atoms with Crippen molar-refractivity contribution in [3.05, 3.63) is 35.6 Å². The molecule has 1 aliphatic carbocycles. The molecule has 0 spiro atoms. The molecule has 122 valence electrons. The molecule has 1 fully saturated rings. The van der Waals surface area contributed by atoms with Gasteiger partial charge in [-0.3, -0.25) is 0 Å². The van der Waals surface area contributed by atoms with E-state index in [9.17, 15) is 14.3 Å². The van der Waals surface area contributed by atoms with Crippen LogP contribution < -0.4 is 5.32 Å². The van der Waals surface area contributed by atoms with Gasteiger partial charge in [0.15, 0.2) is 0 Å². The zero-order valence-electron chi connectivity index (χ0n) is 13.3. The van der Waals surface area contributed by atoms with Crippen LogP contribution in [0.4, 0.5) is 9.18 Å². The minimum absolute atomic E-state index is 0.0785. The van der Waals surface area contributed by atoms with Crippen LogP contribution in [0.25, 0.3) is 0 Å². The minimum atomic E-state index is -0.292. The van der Waals surface area contributed by atoms with Gasteiger partial charge in [0.1, 0.15) is 5.82 Å². The van der Waals surface area contributed by atoms with Crippen LogP contribution in [-0.4, -0.2) is 41.8 Å². The molecular weight excluding hydrogens is 283 g/mol. The first kappa shape index (κ1) is 16.7. The zero-order chi connectivity index (χ0) is 16.1. The molecule has 5 heteroatoms. The first-order valence-electron chi connectivity index (χ1n) is 7.90. The van der Waals surface area contributed by atoms with Crippen LogP contribution >= 0.6 is 0 Å². The second-order valence-corrected chi connectivity index (χ2v) is 6.32. The number of rotatable bonds is 5. The molecule has 0 aliphatic heterocycles. The van der Waals surface area contributed by atoms with Crippen molar-refractivity contribution in [1.29, 1.82) is 0 Å². The van der Waals surface area contributed by atoms with Crippen molar-refractivity contribution in [3.8, 4) is 0 Å². The third-order valence-corrected chi connectivity index (χ3v) is 4.27. The summed E-state index contributed by atoms with van der Waals surface area (Å²) in [7, 11) is 1.75. The Balaban J connectivity index is 1.80. The van der Waals surface area contributed by atoms with Crippen molar-refractivity contribution in [2.75, 3.05) is 13.6 Å². The molecule has 0 bridgehead atoms. The van der Waals surface area contributed by atoms with Crippen LogP contribution in [0, 0.1) is 11.7 Å². The van der Waals surface area contributed by atoms with Gasteiger partial charge in [-0.15, -0.1) is 0 Å². The molecule has 1 saturated carbocycles. The van der Waals surface area contributed by atoms with Crippen LogP contribution in [0.15, 0.2) is 24.3 Å². The van der Waals surface area contributed by atoms with Crippen LogP contribution in [0.3, 0.4) is 0 Å². The maximum Gasteiger partial charge on any atom is 0.317 e. The lowest BCUT2D eigenvalue weighted by Crippen LogP contribution is -2.45. The SMILES string of the molecule is CC(Cc1cccc(F)c1)NC(=O)N(C)CC1CCCC1O. The number of aliphatic hydroxyl groups is 1. The zero-order valence-corrected chi connectivity index (χ0v) is 13.3. The fraction of sp³-hybridized carbons (Fsp3) is 0.588. The molecule has 2 amide bonds. The number of nitrogens with one attached hydrogen (secondary N) is 1. The van der Waals surface area contributed by atoms with Crippen molar-refractivity contribution >= 4 is 6.03 Å². The average molecular weight is 308 g/mol. The molecular formula is C17H25FN2O2. The lowest BCUT2D eigenvalue weighted by Gasteiger charge is -2.25. The minimum Gasteiger partial charge on any atom is -0.393 e. The topological polar surface area (TPSA) is 52.6 Å². The molecule has 0 aromatic heterocycles. The summed E-state index contributed by atoms with van der Waals surface area (Å²) in [5.74, 6) is -0.0855. The Labute approximate surface area is 131 Å². The largest absolute Gasteiger partial charge is 0.393 e. The second kappa shape index (κ2) is 7.58. The first-order valence-corrected chi connectivity index (χ1v) is 7.90. The molecule has 0 saturated heterocycles. The molecule has 1 aliphatic rings. The van der Waals surface area contributed by atoms with Crippen molar-refractivity contribution in [1.82, 2.24) is 10.2 Å². The van der Waals surface area contributed by atoms with Gasteiger partial charge in [0.25, 0.3) is 0 Å². The number of amides is 2. The van der Waals surface area contributed by atoms with Crippen LogP contribution in [-0.2, 0) is 6.42 Å². The number of halogens is 1. The van der Waals surface area contributed by atoms with Crippen LogP contribution in [0.2, 0.25) is 0 Å². The van der Waals surface area contributed by atoms with E-state index in [0.717, 1.165) is 24.8 Å². The number of aliphatic hydroxyl groups excluding tert-OH is 1. The van der Waals surface area contributed by atoms with Gasteiger partial charge in [-0.25, -0.2) is 9.18 Å². The van der Waals surface area contributed by atoms with Gasteiger partial charge < -0.3 is 15.3 Å². The Bertz CT molecular complexity index is 509. The highest BCUT2D eigenvalue weighted by Crippen LogP contribution is 2.25. The van der Waals surface area contributed by atoms with Crippen molar-refractivity contribution in [2.24, 2.45) is 5.92 Å². The Morgan fingerprint density at radius 2 is 2.27 bits per heavy atom. The average Bonchev–Trinajstić information content (AvgIpc) is 2.84. The number of hydrogen-bond donors (Lipinski definition) is 2. The Morgan fingerprint density at radius 3 is 2.91 bits per heavy atom. The summed E-state index contributed by atoms with van der Waals surface area (Å²) in [5.41, 5.74) is 0.863. The van der Waals surface area contributed by atoms with Crippen molar-refractivity contribution < 1.29 is 14.3 Å². The first-order chi connectivity index (χ1) is 10.5. The van der Waals surface area contributed by atoms with Crippen molar-refractivity contribution in [3.63, 3.8) is 0 Å². The maximum atomic E-state index is 13.2. The third kappa shape index (κ3) is 4.70. The second-order valence-electron chi connectivity index (χ2n) is 6.32. The summed E-state index contributed by atoms with van der Waals surface area (Å²) < 4.78 is 13.2. The molecule has 3 atom stereocenters. The number of carbonyl (C=O) groups is 1. The number of nitrogens with zero attached hydrogens (tertiary/aromatic N) is 1. The lowest BCUT2D eigenvalue weighted by atomic mass is 10.1. The maximum absolute atomic E-state index is 13.2. The Morgan fingerprint density at radius 1 is 1.50 bits per heavy atom. The number of carbonyl (C=O) groups excluding carboxylic acids is 1. The van der Waals surface area contributed by atoms with Gasteiger partial charge in [-0.2, -0.15) is 0 Å². The monoisotopic (exact) mass is 308 g/mol. The standard InChI is InChI=1S/C17H25FN2O2/c1-12(9-13-5-3-7-15(18)10-13)19-17(22)20(2)11-14-6-4-8-16(14)21/h3,5,7,10,12,14,16,21H,4,6,8-9,11H2,1-2H3,(H,19,22). The van der Waals surface area contributed by atoms with Gasteiger partial charge in [-0.1, -0.05) is 18.6 Å². The predicted octanol–water partition coefficient (Wildman–Crippen LogP) is 2.56. The summed E-state index contributed by atoms with van der Waals surface area (Å²) in [4.78, 5) is 13.8. The summed E-state index contributed by atoms with van der Waals surface area (Å²) in [6.45, 7) is 2.47. The Hall–Kier alpha value is -1.62. The molecule has 4 nitrogen and oxygen atoms in total. The van der Waals surface area contributed by atoms with Crippen LogP contribution in [0.5, 0.6) is 0 Å². The smallest absolute Gasteiger partial charge is 0.317 e. The van der Waals surface area contributed by atoms with Gasteiger partial charge in [0.05, 0.1) is 6.10 Å². The molecule has 1 aromatic carbocycles. The highest BCUT2D eigenvalue weighted by molar-refractivity contribution is 5.74. The highest BCUT2D eigenvalue weighted by atomic mass is 19.1. The van der Waals surface area contributed by atoms with E-state index in [1.807, 2.05) is 13.0 Å². The molecule has 0 radical (unpaired) electrons. The van der Waals surface area contributed by atoms with E-state index in [-0.39, 0.29) is 29.9 Å². The summed E-state index contributed by atoms with van der Waals surface area (Å²) in [5, 5.41) is 12.7. The normalized spacial score (nSPS) is 22.4. The van der Waals surface area contributed by atoms with Crippen LogP contribution in [0.1, 0.15) is 31.7 Å². The summed E-state index contributed by atoms with van der Waals surface area (Å²) >= 11 is 0. The summed E-state index contributed by atoms with van der Waals surface area (Å²) in [6.07, 6.45) is 3.12. The number of benzene rings is 1. The quantitative estimate of drug-likeness (QED) is 0.878. The fourth-order valence-corrected chi connectivity index (χ4v) is 3.05. The number of hydrogen-bond acceptors (Lipinski definition) is 2. The van der Waals surface area contributed by atoms with E-state index in [4.69, 9.17) is 0 Å². The van der Waals surface area contributed by atoms with E-state index < -0.39 is 0 Å². The molecule has 1 aromatic rings. The van der Waals surface area contributed by atoms with E-state index in [2.05, 4.69) is 5.32 Å². The van der Waals surface area contributed by atoms with Gasteiger partial charge in [0.2, 0.25) is 0 Å². The highest BCUT2D eigenvalue weighted by Gasteiger charge is 2.27. The van der Waals surface area contributed by atoms with E-state index >= 15 is 0 Å². The van der Waals surface area contributed by atoms with Gasteiger partial charge in [-0.05, 0) is 43.9 Å². The Kier molecular flexibility index (Phi) is 5.77. The predicted molar refractivity (Wildman–Crippen MR) is 84.1 cm³/mol. The van der Waals surface area contributed by atoms with Gasteiger partial charge >= 0.3 is 6.03 Å². The molecule has 22 heavy (non-hydrogen) atoms. The molecule has 2 N–H and O–H groups in total. The fourth-order valence-electron chi connectivity index (χ4n) is 3.05. The third-order valence-electron chi connectivity index (χ3n) is 4.27. The van der Waals surface area contributed by atoms with Crippen molar-refractivity contribution in [2.45, 2.75) is 44.8 Å². The molecule has 3 unspecified atom stereocenters.